The van der Waals surface area contributed by atoms with Gasteiger partial charge in [-0.3, -0.25) is 4.79 Å². The lowest BCUT2D eigenvalue weighted by Gasteiger charge is -2.15. The summed E-state index contributed by atoms with van der Waals surface area (Å²) in [5.41, 5.74) is 5.93. The molecule has 6 nitrogen and oxygen atoms in total. The summed E-state index contributed by atoms with van der Waals surface area (Å²) in [6.45, 7) is 0. The zero-order valence-corrected chi connectivity index (χ0v) is 16.0. The summed E-state index contributed by atoms with van der Waals surface area (Å²) >= 11 is 11.7. The number of ether oxygens (including phenoxy) is 1. The highest BCUT2D eigenvalue weighted by Gasteiger charge is 2.22. The summed E-state index contributed by atoms with van der Waals surface area (Å²) in [5.74, 6) is -1.59. The number of carbonyl (C=O) groups excluding carboxylic acids is 1. The van der Waals surface area contributed by atoms with Crippen molar-refractivity contribution in [1.29, 1.82) is 0 Å². The molecule has 1 unspecified atom stereocenters. The molecule has 0 bridgehead atoms. The van der Waals surface area contributed by atoms with Crippen molar-refractivity contribution in [3.8, 4) is 0 Å². The number of benzene rings is 2. The second kappa shape index (κ2) is 9.07. The van der Waals surface area contributed by atoms with Gasteiger partial charge >= 0.3 is 16.1 Å². The first kappa shape index (κ1) is 21.0. The Morgan fingerprint density at radius 3 is 2.44 bits per heavy atom. The lowest BCUT2D eigenvalue weighted by Crippen LogP contribution is -2.16. The van der Waals surface area contributed by atoms with Gasteiger partial charge in [0.15, 0.2) is 12.4 Å². The van der Waals surface area contributed by atoms with Crippen LogP contribution in [0.2, 0.25) is 10.0 Å². The summed E-state index contributed by atoms with van der Waals surface area (Å²) in [6.07, 6.45) is -1.07. The average Bonchev–Trinajstić information content (AvgIpc) is 2.60. The van der Waals surface area contributed by atoms with E-state index in [-0.39, 0.29) is 10.6 Å². The summed E-state index contributed by atoms with van der Waals surface area (Å²) in [6, 6.07) is 10.5. The third-order valence-electron chi connectivity index (χ3n) is 3.23. The lowest BCUT2D eigenvalue weighted by atomic mass is 10.1. The molecular formula is C17H14Cl2FNO5S. The van der Waals surface area contributed by atoms with Gasteiger partial charge in [-0.05, 0) is 17.7 Å². The van der Waals surface area contributed by atoms with E-state index in [1.807, 2.05) is 0 Å². The van der Waals surface area contributed by atoms with Crippen LogP contribution in [0.15, 0.2) is 60.4 Å². The fourth-order valence-corrected chi connectivity index (χ4v) is 3.52. The van der Waals surface area contributed by atoms with Gasteiger partial charge in [-0.1, -0.05) is 59.6 Å². The van der Waals surface area contributed by atoms with Crippen molar-refractivity contribution in [2.24, 2.45) is 5.73 Å². The predicted octanol–water partition coefficient (Wildman–Crippen LogP) is 3.85. The van der Waals surface area contributed by atoms with E-state index in [1.54, 1.807) is 18.2 Å². The standard InChI is InChI=1S/C17H14Cl2FNO5S/c18-12-6-7-13(14(19)8-12)15(9-22)25-17(21)16(20)26-27(23,24)10-11-4-2-1-3-5-11/h1-9,15H,10,21H2/b17-16+. The van der Waals surface area contributed by atoms with Crippen molar-refractivity contribution in [3.63, 3.8) is 0 Å². The fourth-order valence-electron chi connectivity index (χ4n) is 2.04. The molecule has 144 valence electrons. The molecule has 2 N–H and O–H groups in total. The molecule has 0 fully saturated rings. The van der Waals surface area contributed by atoms with Crippen molar-refractivity contribution >= 4 is 39.6 Å². The molecular weight excluding hydrogens is 420 g/mol. The minimum atomic E-state index is -4.32. The van der Waals surface area contributed by atoms with Crippen LogP contribution >= 0.6 is 23.2 Å². The number of rotatable bonds is 8. The molecule has 10 heteroatoms. The summed E-state index contributed by atoms with van der Waals surface area (Å²) in [7, 11) is -4.32. The van der Waals surface area contributed by atoms with Crippen LogP contribution in [-0.4, -0.2) is 14.7 Å². The number of hydrogen-bond acceptors (Lipinski definition) is 6. The zero-order valence-electron chi connectivity index (χ0n) is 13.6. The molecule has 0 aromatic heterocycles. The third kappa shape index (κ3) is 6.13. The SMILES string of the molecule is N/C(OC(C=O)c1ccc(Cl)cc1Cl)=C(/F)OS(=O)(=O)Cc1ccccc1. The third-order valence-corrected chi connectivity index (χ3v) is 4.88. The fraction of sp³-hybridized carbons (Fsp3) is 0.118. The Kier molecular flexibility index (Phi) is 7.06. The van der Waals surface area contributed by atoms with Crippen molar-refractivity contribution in [1.82, 2.24) is 0 Å². The molecule has 1 atom stereocenters. The van der Waals surface area contributed by atoms with E-state index in [0.717, 1.165) is 0 Å². The Hall–Kier alpha value is -2.29. The number of aldehydes is 1. The Labute approximate surface area is 165 Å². The van der Waals surface area contributed by atoms with Crippen LogP contribution in [0.25, 0.3) is 0 Å². The van der Waals surface area contributed by atoms with Gasteiger partial charge in [0.05, 0.1) is 0 Å². The lowest BCUT2D eigenvalue weighted by molar-refractivity contribution is -0.116. The maximum Gasteiger partial charge on any atom is 0.349 e. The van der Waals surface area contributed by atoms with Crippen molar-refractivity contribution in [3.05, 3.63) is 81.6 Å². The van der Waals surface area contributed by atoms with Crippen molar-refractivity contribution in [2.45, 2.75) is 11.9 Å². The number of halogens is 3. The molecule has 27 heavy (non-hydrogen) atoms. The predicted molar refractivity (Wildman–Crippen MR) is 98.8 cm³/mol. The molecule has 0 saturated carbocycles. The van der Waals surface area contributed by atoms with E-state index < -0.39 is 33.9 Å². The first-order chi connectivity index (χ1) is 12.7. The highest BCUT2D eigenvalue weighted by Crippen LogP contribution is 2.29. The van der Waals surface area contributed by atoms with Crippen LogP contribution in [0, 0.1) is 0 Å². The number of hydrogen-bond donors (Lipinski definition) is 1. The molecule has 0 aliphatic rings. The highest BCUT2D eigenvalue weighted by molar-refractivity contribution is 7.86. The van der Waals surface area contributed by atoms with E-state index >= 15 is 0 Å². The minimum Gasteiger partial charge on any atom is -0.459 e. The van der Waals surface area contributed by atoms with Crippen LogP contribution in [0.1, 0.15) is 17.2 Å². The highest BCUT2D eigenvalue weighted by atomic mass is 35.5. The first-order valence-electron chi connectivity index (χ1n) is 7.40. The van der Waals surface area contributed by atoms with Gasteiger partial charge < -0.3 is 14.7 Å². The van der Waals surface area contributed by atoms with Crippen molar-refractivity contribution < 1.29 is 26.5 Å². The molecule has 0 spiro atoms. The van der Waals surface area contributed by atoms with Gasteiger partial charge in [-0.25, -0.2) is 0 Å². The molecule has 0 aliphatic carbocycles. The maximum absolute atomic E-state index is 14.0. The summed E-state index contributed by atoms with van der Waals surface area (Å²) in [5, 5.41) is 0.406. The Bertz CT molecular complexity index is 951. The molecule has 0 heterocycles. The maximum atomic E-state index is 14.0. The first-order valence-corrected chi connectivity index (χ1v) is 9.73. The smallest absolute Gasteiger partial charge is 0.349 e. The van der Waals surface area contributed by atoms with E-state index in [9.17, 15) is 17.6 Å². The largest absolute Gasteiger partial charge is 0.459 e. The summed E-state index contributed by atoms with van der Waals surface area (Å²) < 4.78 is 47.1. The van der Waals surface area contributed by atoms with Crippen LogP contribution in [-0.2, 0) is 29.6 Å². The van der Waals surface area contributed by atoms with Crippen LogP contribution < -0.4 is 5.73 Å². The number of carbonyl (C=O) groups is 1. The monoisotopic (exact) mass is 433 g/mol. The zero-order chi connectivity index (χ0) is 20.0. The normalized spacial score (nSPS) is 13.4. The van der Waals surface area contributed by atoms with Gasteiger partial charge in [-0.15, -0.1) is 0 Å². The molecule has 0 radical (unpaired) electrons. The minimum absolute atomic E-state index is 0.0884. The van der Waals surface area contributed by atoms with Gasteiger partial charge in [0.25, 0.3) is 5.88 Å². The molecule has 0 aliphatic heterocycles. The average molecular weight is 434 g/mol. The van der Waals surface area contributed by atoms with E-state index in [4.69, 9.17) is 33.7 Å². The Morgan fingerprint density at radius 1 is 1.19 bits per heavy atom. The van der Waals surface area contributed by atoms with Crippen LogP contribution in [0.3, 0.4) is 0 Å². The van der Waals surface area contributed by atoms with Crippen LogP contribution in [0.5, 0.6) is 0 Å². The Morgan fingerprint density at radius 2 is 1.85 bits per heavy atom. The second-order valence-electron chi connectivity index (χ2n) is 5.25. The molecule has 0 saturated heterocycles. The van der Waals surface area contributed by atoms with E-state index in [0.29, 0.717) is 16.9 Å². The van der Waals surface area contributed by atoms with E-state index in [1.165, 1.54) is 30.3 Å². The van der Waals surface area contributed by atoms with Gasteiger partial charge in [0.1, 0.15) is 5.75 Å². The van der Waals surface area contributed by atoms with Crippen LogP contribution in [0.4, 0.5) is 4.39 Å². The molecule has 0 amide bonds. The van der Waals surface area contributed by atoms with Gasteiger partial charge in [-0.2, -0.15) is 12.8 Å². The number of nitrogens with two attached hydrogens (primary N) is 1. The van der Waals surface area contributed by atoms with Crippen molar-refractivity contribution in [2.75, 3.05) is 0 Å². The van der Waals surface area contributed by atoms with Gasteiger partial charge in [0.2, 0.25) is 0 Å². The van der Waals surface area contributed by atoms with Gasteiger partial charge in [0, 0.05) is 15.6 Å². The quantitative estimate of drug-likeness (QED) is 0.385. The second-order valence-corrected chi connectivity index (χ2v) is 7.66. The molecule has 2 rings (SSSR count). The molecule has 2 aromatic rings. The molecule has 2 aromatic carbocycles. The van der Waals surface area contributed by atoms with E-state index in [2.05, 4.69) is 4.18 Å². The topological polar surface area (TPSA) is 95.7 Å². The Balaban J connectivity index is 2.14. The summed E-state index contributed by atoms with van der Waals surface area (Å²) in [4.78, 5) is 11.3.